The van der Waals surface area contributed by atoms with Crippen LogP contribution in [0, 0.1) is 0 Å². The highest BCUT2D eigenvalue weighted by atomic mass is 35.5. The smallest absolute Gasteiger partial charge is 0.335 e. The summed E-state index contributed by atoms with van der Waals surface area (Å²) in [6.45, 7) is 2.04. The Morgan fingerprint density at radius 1 is 1.24 bits per heavy atom. The largest absolute Gasteiger partial charge is 0.478 e. The molecule has 0 bridgehead atoms. The van der Waals surface area contributed by atoms with Gasteiger partial charge in [-0.1, -0.05) is 23.7 Å². The van der Waals surface area contributed by atoms with E-state index >= 15 is 0 Å². The number of hydrogen-bond acceptors (Lipinski definition) is 2. The lowest BCUT2D eigenvalue weighted by molar-refractivity contribution is 0.0697. The number of fused-ring (bicyclic) bond motifs is 1. The maximum absolute atomic E-state index is 11.1. The van der Waals surface area contributed by atoms with Gasteiger partial charge in [-0.15, -0.1) is 0 Å². The molecule has 0 radical (unpaired) electrons. The highest BCUT2D eigenvalue weighted by molar-refractivity contribution is 6.30. The predicted octanol–water partition coefficient (Wildman–Crippen LogP) is 4.00. The van der Waals surface area contributed by atoms with E-state index in [1.54, 1.807) is 24.5 Å². The molecule has 4 nitrogen and oxygen atoms in total. The minimum absolute atomic E-state index is 0.0383. The number of nitrogens with zero attached hydrogens (tertiary/aromatic N) is 2. The molecular formula is C16H13ClN2O2. The summed E-state index contributed by atoms with van der Waals surface area (Å²) < 4.78 is 1.96. The van der Waals surface area contributed by atoms with Gasteiger partial charge < -0.3 is 9.67 Å². The molecule has 3 aromatic rings. The molecular weight excluding hydrogens is 288 g/mol. The van der Waals surface area contributed by atoms with Crippen LogP contribution in [0.3, 0.4) is 0 Å². The predicted molar refractivity (Wildman–Crippen MR) is 82.0 cm³/mol. The quantitative estimate of drug-likeness (QED) is 0.795. The molecule has 1 atom stereocenters. The van der Waals surface area contributed by atoms with Crippen LogP contribution in [-0.2, 0) is 0 Å². The van der Waals surface area contributed by atoms with Crippen molar-refractivity contribution in [2.45, 2.75) is 13.0 Å². The highest BCUT2D eigenvalue weighted by Crippen LogP contribution is 2.25. The lowest BCUT2D eigenvalue weighted by atomic mass is 10.1. The van der Waals surface area contributed by atoms with E-state index in [1.165, 1.54) is 0 Å². The Labute approximate surface area is 126 Å². The molecule has 0 aliphatic carbocycles. The summed E-state index contributed by atoms with van der Waals surface area (Å²) >= 11 is 5.91. The van der Waals surface area contributed by atoms with E-state index in [0.29, 0.717) is 5.02 Å². The summed E-state index contributed by atoms with van der Waals surface area (Å²) in [5.74, 6) is -0.941. The summed E-state index contributed by atoms with van der Waals surface area (Å²) in [4.78, 5) is 15.4. The summed E-state index contributed by atoms with van der Waals surface area (Å²) in [6.07, 6.45) is 1.73. The molecule has 106 valence electrons. The van der Waals surface area contributed by atoms with Gasteiger partial charge in [-0.25, -0.2) is 9.78 Å². The molecule has 2 aromatic carbocycles. The van der Waals surface area contributed by atoms with Gasteiger partial charge in [0.2, 0.25) is 0 Å². The Hall–Kier alpha value is -2.33. The number of hydrogen-bond donors (Lipinski definition) is 1. The Balaban J connectivity index is 2.09. The summed E-state index contributed by atoms with van der Waals surface area (Å²) in [5.41, 5.74) is 2.92. The number of rotatable bonds is 3. The van der Waals surface area contributed by atoms with Crippen molar-refractivity contribution in [2.75, 3.05) is 0 Å². The Bertz CT molecular complexity index is 809. The van der Waals surface area contributed by atoms with Crippen molar-refractivity contribution in [1.82, 2.24) is 9.55 Å². The number of halogens is 1. The Morgan fingerprint density at radius 3 is 2.62 bits per heavy atom. The van der Waals surface area contributed by atoms with Crippen LogP contribution in [0.2, 0.25) is 5.02 Å². The second-order valence-corrected chi connectivity index (χ2v) is 5.32. The van der Waals surface area contributed by atoms with Gasteiger partial charge in [0.05, 0.1) is 29.0 Å². The first kappa shape index (κ1) is 13.6. The third kappa shape index (κ3) is 2.50. The first-order chi connectivity index (χ1) is 10.1. The van der Waals surface area contributed by atoms with Gasteiger partial charge in [0, 0.05) is 5.02 Å². The lowest BCUT2D eigenvalue weighted by Gasteiger charge is -2.15. The van der Waals surface area contributed by atoms with Crippen LogP contribution in [0.1, 0.15) is 28.9 Å². The fraction of sp³-hybridized carbons (Fsp3) is 0.125. The third-order valence-corrected chi connectivity index (χ3v) is 3.84. The van der Waals surface area contributed by atoms with Crippen molar-refractivity contribution in [3.8, 4) is 0 Å². The highest BCUT2D eigenvalue weighted by Gasteiger charge is 2.13. The van der Waals surface area contributed by atoms with E-state index in [0.717, 1.165) is 16.6 Å². The molecule has 1 N–H and O–H groups in total. The van der Waals surface area contributed by atoms with Gasteiger partial charge in [-0.05, 0) is 42.8 Å². The number of aromatic carboxylic acids is 1. The maximum atomic E-state index is 11.1. The Morgan fingerprint density at radius 2 is 1.95 bits per heavy atom. The van der Waals surface area contributed by atoms with Crippen molar-refractivity contribution < 1.29 is 9.90 Å². The average molecular weight is 301 g/mol. The molecule has 3 rings (SSSR count). The van der Waals surface area contributed by atoms with Crippen molar-refractivity contribution in [1.29, 1.82) is 0 Å². The van der Waals surface area contributed by atoms with Crippen LogP contribution in [0.15, 0.2) is 48.8 Å². The molecule has 0 aliphatic heterocycles. The van der Waals surface area contributed by atoms with E-state index < -0.39 is 5.97 Å². The molecule has 0 aliphatic rings. The number of benzene rings is 2. The van der Waals surface area contributed by atoms with Crippen LogP contribution < -0.4 is 0 Å². The Kier molecular flexibility index (Phi) is 3.39. The normalized spacial score (nSPS) is 12.5. The van der Waals surface area contributed by atoms with Crippen LogP contribution in [0.25, 0.3) is 11.0 Å². The molecule has 1 unspecified atom stereocenters. The first-order valence-corrected chi connectivity index (χ1v) is 6.89. The average Bonchev–Trinajstić information content (AvgIpc) is 2.90. The van der Waals surface area contributed by atoms with Gasteiger partial charge >= 0.3 is 5.97 Å². The zero-order chi connectivity index (χ0) is 15.0. The molecule has 0 saturated heterocycles. The zero-order valence-corrected chi connectivity index (χ0v) is 12.1. The molecule has 0 amide bonds. The second-order valence-electron chi connectivity index (χ2n) is 4.89. The van der Waals surface area contributed by atoms with Crippen molar-refractivity contribution >= 4 is 28.6 Å². The number of aromatic nitrogens is 2. The number of carboxylic acid groups (broad SMARTS) is 1. The maximum Gasteiger partial charge on any atom is 0.335 e. The van der Waals surface area contributed by atoms with Crippen LogP contribution in [0.5, 0.6) is 0 Å². The molecule has 5 heteroatoms. The first-order valence-electron chi connectivity index (χ1n) is 6.51. The topological polar surface area (TPSA) is 55.1 Å². The third-order valence-electron chi connectivity index (χ3n) is 3.59. The van der Waals surface area contributed by atoms with Gasteiger partial charge in [0.25, 0.3) is 0 Å². The summed E-state index contributed by atoms with van der Waals surface area (Å²) in [5, 5.41) is 9.80. The summed E-state index contributed by atoms with van der Waals surface area (Å²) in [6, 6.07) is 12.6. The van der Waals surface area contributed by atoms with Crippen LogP contribution >= 0.6 is 11.6 Å². The molecule has 1 heterocycles. The molecule has 0 saturated carbocycles. The SMILES string of the molecule is CC(c1ccc(Cl)cc1)n1cnc2ccc(C(=O)O)cc21. The molecule has 0 spiro atoms. The van der Waals surface area contributed by atoms with E-state index in [9.17, 15) is 4.79 Å². The van der Waals surface area contributed by atoms with Gasteiger partial charge in [-0.2, -0.15) is 0 Å². The minimum Gasteiger partial charge on any atom is -0.478 e. The van der Waals surface area contributed by atoms with Crippen molar-refractivity contribution in [2.24, 2.45) is 0 Å². The van der Waals surface area contributed by atoms with Gasteiger partial charge in [0.15, 0.2) is 0 Å². The van der Waals surface area contributed by atoms with Crippen LogP contribution in [0.4, 0.5) is 0 Å². The number of carboxylic acids is 1. The van der Waals surface area contributed by atoms with Crippen molar-refractivity contribution in [3.63, 3.8) is 0 Å². The minimum atomic E-state index is -0.941. The van der Waals surface area contributed by atoms with Crippen molar-refractivity contribution in [3.05, 3.63) is 64.9 Å². The second kappa shape index (κ2) is 5.22. The van der Waals surface area contributed by atoms with Gasteiger partial charge in [0.1, 0.15) is 0 Å². The van der Waals surface area contributed by atoms with E-state index in [4.69, 9.17) is 16.7 Å². The van der Waals surface area contributed by atoms with E-state index in [1.807, 2.05) is 35.8 Å². The monoisotopic (exact) mass is 300 g/mol. The molecule has 21 heavy (non-hydrogen) atoms. The standard InChI is InChI=1S/C16H13ClN2O2/c1-10(11-2-5-13(17)6-3-11)19-9-18-14-7-4-12(16(20)21)8-15(14)19/h2-10H,1H3,(H,20,21). The van der Waals surface area contributed by atoms with E-state index in [2.05, 4.69) is 4.98 Å². The van der Waals surface area contributed by atoms with Gasteiger partial charge in [-0.3, -0.25) is 0 Å². The zero-order valence-electron chi connectivity index (χ0n) is 11.3. The fourth-order valence-corrected chi connectivity index (χ4v) is 2.50. The molecule has 0 fully saturated rings. The number of imidazole rings is 1. The summed E-state index contributed by atoms with van der Waals surface area (Å²) in [7, 11) is 0. The molecule has 1 aromatic heterocycles. The fourth-order valence-electron chi connectivity index (χ4n) is 2.37. The van der Waals surface area contributed by atoms with Crippen LogP contribution in [-0.4, -0.2) is 20.6 Å². The van der Waals surface area contributed by atoms with E-state index in [-0.39, 0.29) is 11.6 Å². The number of carbonyl (C=O) groups is 1. The lowest BCUT2D eigenvalue weighted by Crippen LogP contribution is -2.06.